The van der Waals surface area contributed by atoms with Crippen LogP contribution in [0.25, 0.3) is 0 Å². The van der Waals surface area contributed by atoms with E-state index >= 15 is 0 Å². The van der Waals surface area contributed by atoms with Gasteiger partial charge in [0.1, 0.15) is 0 Å². The van der Waals surface area contributed by atoms with E-state index < -0.39 is 0 Å². The summed E-state index contributed by atoms with van der Waals surface area (Å²) in [5.41, 5.74) is 5.16. The van der Waals surface area contributed by atoms with Gasteiger partial charge in [-0.1, -0.05) is 25.1 Å². The summed E-state index contributed by atoms with van der Waals surface area (Å²) >= 11 is 0. The highest BCUT2D eigenvalue weighted by Crippen LogP contribution is 2.63. The van der Waals surface area contributed by atoms with E-state index in [-0.39, 0.29) is 5.41 Å². The first-order valence-electron chi connectivity index (χ1n) is 8.72. The van der Waals surface area contributed by atoms with Crippen molar-refractivity contribution in [2.75, 3.05) is 13.1 Å². The Balaban J connectivity index is 1.75. The zero-order valence-corrected chi connectivity index (χ0v) is 12.9. The predicted octanol–water partition coefficient (Wildman–Crippen LogP) is 4.07. The molecule has 0 amide bonds. The third kappa shape index (κ3) is 1.31. The van der Waals surface area contributed by atoms with Gasteiger partial charge in [0.2, 0.25) is 0 Å². The number of hydrogen-bond acceptors (Lipinski definition) is 2. The van der Waals surface area contributed by atoms with Crippen LogP contribution in [0.4, 0.5) is 5.69 Å². The zero-order chi connectivity index (χ0) is 14.1. The van der Waals surface area contributed by atoms with E-state index in [0.717, 1.165) is 6.04 Å². The maximum atomic E-state index is 5.09. The summed E-state index contributed by atoms with van der Waals surface area (Å²) in [4.78, 5) is 7.92. The van der Waals surface area contributed by atoms with Crippen molar-refractivity contribution >= 4 is 11.4 Å². The molecule has 1 spiro atoms. The fourth-order valence-electron chi connectivity index (χ4n) is 6.22. The van der Waals surface area contributed by atoms with Crippen molar-refractivity contribution in [2.24, 2.45) is 10.4 Å². The van der Waals surface area contributed by atoms with Gasteiger partial charge >= 0.3 is 0 Å². The zero-order valence-electron chi connectivity index (χ0n) is 12.9. The molecule has 0 N–H and O–H groups in total. The molecule has 2 saturated heterocycles. The van der Waals surface area contributed by atoms with Gasteiger partial charge in [-0.25, -0.2) is 0 Å². The first-order valence-corrected chi connectivity index (χ1v) is 8.72. The Kier molecular flexibility index (Phi) is 2.35. The SMILES string of the molecule is CC[C@]12CCCN3CCC4=Nc5ccccc5[C@@]4(CC1)[C@@H]32. The Labute approximate surface area is 127 Å². The van der Waals surface area contributed by atoms with Gasteiger partial charge in [-0.05, 0) is 62.1 Å². The largest absolute Gasteiger partial charge is 0.298 e. The van der Waals surface area contributed by atoms with E-state index in [1.54, 1.807) is 5.56 Å². The van der Waals surface area contributed by atoms with Crippen molar-refractivity contribution in [1.29, 1.82) is 0 Å². The van der Waals surface area contributed by atoms with Gasteiger partial charge in [0.15, 0.2) is 0 Å². The number of nitrogens with zero attached hydrogens (tertiary/aromatic N) is 2. The predicted molar refractivity (Wildman–Crippen MR) is 86.4 cm³/mol. The van der Waals surface area contributed by atoms with Crippen LogP contribution < -0.4 is 0 Å². The number of aliphatic imine (C=N–C) groups is 1. The van der Waals surface area contributed by atoms with E-state index in [2.05, 4.69) is 36.1 Å². The number of rotatable bonds is 1. The summed E-state index contributed by atoms with van der Waals surface area (Å²) in [6.45, 7) is 4.97. The Morgan fingerprint density at radius 3 is 3.00 bits per heavy atom. The van der Waals surface area contributed by atoms with E-state index in [4.69, 9.17) is 4.99 Å². The summed E-state index contributed by atoms with van der Waals surface area (Å²) in [6, 6.07) is 9.70. The molecule has 0 unspecified atom stereocenters. The molecule has 0 radical (unpaired) electrons. The third-order valence-electron chi connectivity index (χ3n) is 7.04. The smallest absolute Gasteiger partial charge is 0.0671 e. The van der Waals surface area contributed by atoms with Gasteiger partial charge in [-0.2, -0.15) is 0 Å². The van der Waals surface area contributed by atoms with Crippen LogP contribution in [-0.2, 0) is 5.41 Å². The van der Waals surface area contributed by atoms with Gasteiger partial charge in [-0.3, -0.25) is 9.89 Å². The second-order valence-electron chi connectivity index (χ2n) is 7.55. The average molecular weight is 280 g/mol. The molecule has 2 heteroatoms. The Hall–Kier alpha value is -1.15. The molecule has 4 aliphatic rings. The maximum Gasteiger partial charge on any atom is 0.0671 e. The molecule has 0 aromatic heterocycles. The fraction of sp³-hybridized carbons (Fsp3) is 0.632. The minimum atomic E-state index is 0.269. The molecule has 1 aromatic rings. The number of benzene rings is 1. The molecule has 3 fully saturated rings. The number of hydrogen-bond donors (Lipinski definition) is 0. The Morgan fingerprint density at radius 2 is 2.10 bits per heavy atom. The number of piperidine rings is 2. The summed E-state index contributed by atoms with van der Waals surface area (Å²) in [5, 5.41) is 0. The lowest BCUT2D eigenvalue weighted by molar-refractivity contribution is 0.00917. The number of para-hydroxylation sites is 1. The molecule has 3 heterocycles. The van der Waals surface area contributed by atoms with Gasteiger partial charge < -0.3 is 0 Å². The summed E-state index contributed by atoms with van der Waals surface area (Å²) in [7, 11) is 0. The van der Waals surface area contributed by atoms with Crippen LogP contribution in [0.2, 0.25) is 0 Å². The monoisotopic (exact) mass is 280 g/mol. The van der Waals surface area contributed by atoms with Crippen molar-refractivity contribution in [3.63, 3.8) is 0 Å². The minimum Gasteiger partial charge on any atom is -0.298 e. The second kappa shape index (κ2) is 3.98. The molecule has 2 nitrogen and oxygen atoms in total. The van der Waals surface area contributed by atoms with Crippen LogP contribution in [0, 0.1) is 5.41 Å². The van der Waals surface area contributed by atoms with Crippen LogP contribution >= 0.6 is 0 Å². The fourth-order valence-corrected chi connectivity index (χ4v) is 6.22. The summed E-state index contributed by atoms with van der Waals surface area (Å²) < 4.78 is 0. The first-order chi connectivity index (χ1) is 10.3. The second-order valence-corrected chi connectivity index (χ2v) is 7.55. The van der Waals surface area contributed by atoms with E-state index in [1.807, 2.05) is 0 Å². The van der Waals surface area contributed by atoms with Crippen LogP contribution in [0.1, 0.15) is 51.0 Å². The Bertz CT molecular complexity index is 634. The Morgan fingerprint density at radius 1 is 1.19 bits per heavy atom. The first kappa shape index (κ1) is 12.4. The van der Waals surface area contributed by atoms with Gasteiger partial charge in [-0.15, -0.1) is 0 Å². The molecular formula is C19H24N2. The van der Waals surface area contributed by atoms with Crippen molar-refractivity contribution < 1.29 is 0 Å². The van der Waals surface area contributed by atoms with Crippen LogP contribution in [0.5, 0.6) is 0 Å². The average Bonchev–Trinajstić information content (AvgIpc) is 3.06. The molecule has 1 saturated carbocycles. The van der Waals surface area contributed by atoms with E-state index in [0.29, 0.717) is 5.41 Å². The van der Waals surface area contributed by atoms with Gasteiger partial charge in [0.05, 0.1) is 11.1 Å². The molecule has 3 aliphatic heterocycles. The molecule has 0 bridgehead atoms. The number of fused-ring (bicyclic) bond motifs is 1. The lowest BCUT2D eigenvalue weighted by atomic mass is 9.62. The summed E-state index contributed by atoms with van der Waals surface area (Å²) in [5.74, 6) is 0. The summed E-state index contributed by atoms with van der Waals surface area (Å²) in [6.07, 6.45) is 8.09. The molecular weight excluding hydrogens is 256 g/mol. The molecule has 1 aromatic carbocycles. The van der Waals surface area contributed by atoms with Crippen LogP contribution in [0.15, 0.2) is 29.3 Å². The maximum absolute atomic E-state index is 5.09. The van der Waals surface area contributed by atoms with Crippen LogP contribution in [-0.4, -0.2) is 29.7 Å². The topological polar surface area (TPSA) is 15.6 Å². The molecule has 1 aliphatic carbocycles. The molecule has 3 atom stereocenters. The standard InChI is InChI=1S/C19H24N2/c1-2-18-9-5-12-21-13-8-16-19(11-10-18,17(18)21)14-6-3-4-7-15(14)20-16/h3-4,6-7,17H,2,5,8-13H2,1H3/t17-,18-,19+/m0/s1. The highest BCUT2D eigenvalue weighted by Gasteiger charge is 2.65. The molecule has 110 valence electrons. The van der Waals surface area contributed by atoms with Gasteiger partial charge in [0.25, 0.3) is 0 Å². The van der Waals surface area contributed by atoms with Crippen molar-refractivity contribution in [2.45, 2.75) is 56.9 Å². The minimum absolute atomic E-state index is 0.269. The molecule has 21 heavy (non-hydrogen) atoms. The van der Waals surface area contributed by atoms with Crippen LogP contribution in [0.3, 0.4) is 0 Å². The highest BCUT2D eigenvalue weighted by molar-refractivity contribution is 6.03. The van der Waals surface area contributed by atoms with Crippen molar-refractivity contribution in [3.05, 3.63) is 29.8 Å². The lowest BCUT2D eigenvalue weighted by Crippen LogP contribution is -2.63. The highest BCUT2D eigenvalue weighted by atomic mass is 15.2. The van der Waals surface area contributed by atoms with Crippen molar-refractivity contribution in [3.8, 4) is 0 Å². The normalized spacial score (nSPS) is 40.4. The quantitative estimate of drug-likeness (QED) is 0.757. The van der Waals surface area contributed by atoms with Gasteiger partial charge in [0, 0.05) is 18.3 Å². The molecule has 5 rings (SSSR count). The van der Waals surface area contributed by atoms with E-state index in [9.17, 15) is 0 Å². The van der Waals surface area contributed by atoms with Crippen molar-refractivity contribution in [1.82, 2.24) is 4.90 Å². The third-order valence-corrected chi connectivity index (χ3v) is 7.04. The van der Waals surface area contributed by atoms with E-state index in [1.165, 1.54) is 63.0 Å². The lowest BCUT2D eigenvalue weighted by Gasteiger charge is -2.54.